The van der Waals surface area contributed by atoms with E-state index in [1.807, 2.05) is 36.4 Å². The minimum Gasteiger partial charge on any atom is -0.478 e. The van der Waals surface area contributed by atoms with Gasteiger partial charge in [-0.15, -0.1) is 0 Å². The van der Waals surface area contributed by atoms with Crippen LogP contribution in [0.15, 0.2) is 109 Å². The second kappa shape index (κ2) is 34.4. The van der Waals surface area contributed by atoms with Crippen molar-refractivity contribution < 1.29 is 53.4 Å². The highest BCUT2D eigenvalue weighted by atomic mass is 16.5. The van der Waals surface area contributed by atoms with E-state index < -0.39 is 48.1 Å². The Bertz CT molecular complexity index is 2420. The van der Waals surface area contributed by atoms with Gasteiger partial charge >= 0.3 is 17.9 Å². The molecule has 15 heteroatoms. The summed E-state index contributed by atoms with van der Waals surface area (Å²) >= 11 is 0. The molecule has 2 aliphatic heterocycles. The van der Waals surface area contributed by atoms with Crippen LogP contribution in [0.3, 0.4) is 0 Å². The lowest BCUT2D eigenvalue weighted by atomic mass is 10.1. The zero-order valence-corrected chi connectivity index (χ0v) is 39.5. The van der Waals surface area contributed by atoms with Crippen LogP contribution in [0.1, 0.15) is 90.2 Å². The van der Waals surface area contributed by atoms with Crippen molar-refractivity contribution in [2.24, 2.45) is 5.73 Å². The van der Waals surface area contributed by atoms with E-state index in [4.69, 9.17) is 25.4 Å². The van der Waals surface area contributed by atoms with Gasteiger partial charge in [-0.1, -0.05) is 94.5 Å². The van der Waals surface area contributed by atoms with Gasteiger partial charge in [-0.2, -0.15) is 0 Å². The fourth-order valence-electron chi connectivity index (χ4n) is 6.49. The van der Waals surface area contributed by atoms with Crippen LogP contribution in [-0.2, 0) is 41.6 Å². The van der Waals surface area contributed by atoms with Gasteiger partial charge in [0.15, 0.2) is 6.04 Å². The number of rotatable bonds is 13. The molecule has 72 heavy (non-hydrogen) atoms. The number of benzene rings is 4. The fraction of sp³-hybridized carbons (Fsp3) is 0.368. The van der Waals surface area contributed by atoms with E-state index in [1.54, 1.807) is 60.7 Å². The predicted molar refractivity (Wildman–Crippen MR) is 284 cm³/mol. The molecule has 6 N–H and O–H groups in total. The number of aromatic carboxylic acids is 1. The van der Waals surface area contributed by atoms with Gasteiger partial charge in [0, 0.05) is 56.0 Å². The molecular weight excluding hydrogens is 917 g/mol. The molecule has 0 aliphatic carbocycles. The highest BCUT2D eigenvalue weighted by Crippen LogP contribution is 2.12. The summed E-state index contributed by atoms with van der Waals surface area (Å²) in [5.41, 5.74) is 12.1. The SMILES string of the molecule is C.C.C.COC(=O)[C@@H](N)[C@@H](C)O.COC(=O)[C@@H](NC(=O)c1ccc(/C=C/C#Cc2ccc(CN3CCOCC3)cc2)cc1)[C@@H](C)O.O=C(O)c1ccc(/C=C/C#Cc2ccc(CN3CCOCC3)cc2)cc1. The highest BCUT2D eigenvalue weighted by molar-refractivity contribution is 5.97. The van der Waals surface area contributed by atoms with Gasteiger partial charge in [-0.05, 0) is 109 Å². The van der Waals surface area contributed by atoms with E-state index in [0.29, 0.717) is 5.56 Å². The van der Waals surface area contributed by atoms with Crippen LogP contribution in [0, 0.1) is 23.7 Å². The van der Waals surface area contributed by atoms with Crippen LogP contribution in [-0.4, -0.2) is 140 Å². The zero-order chi connectivity index (χ0) is 50.0. The molecule has 2 fully saturated rings. The van der Waals surface area contributed by atoms with Crippen molar-refractivity contribution >= 4 is 36.0 Å². The molecule has 2 aliphatic rings. The average molecular weight is 991 g/mol. The predicted octanol–water partition coefficient (Wildman–Crippen LogP) is 6.29. The standard InChI is InChI=1S/C27H30N2O5.C22H21NO3.C5H11NO3.3CH4/c1-20(30)25(27(32)33-2)28-26(31)24-13-11-22(12-14-24)6-4-3-5-21-7-9-23(10-8-21)19-29-15-17-34-18-16-29;24-22(25)21-11-9-19(10-12-21)4-2-1-3-18-5-7-20(8-6-18)17-23-13-15-26-16-14-23;1-3(7)4(6)5(8)9-2;;;/h4,6-14,20,25,30H,15-19H2,1-2H3,(H,28,31);2,4-12H,13-17H2,(H,24,25);3-4,7H,6H2,1-2H3;3*1H4/b6-4+;4-2+;;;;/t20-,25+;;3-,4+;;;/m1.1.../s1. The first-order chi connectivity index (χ1) is 33.3. The van der Waals surface area contributed by atoms with Crippen LogP contribution in [0.4, 0.5) is 0 Å². The number of aliphatic hydroxyl groups excluding tert-OH is 2. The summed E-state index contributed by atoms with van der Waals surface area (Å²) in [4.78, 5) is 50.1. The third-order valence-corrected chi connectivity index (χ3v) is 10.6. The Morgan fingerprint density at radius 2 is 1.01 bits per heavy atom. The molecule has 4 aromatic rings. The number of hydrogen-bond donors (Lipinski definition) is 5. The molecule has 6 rings (SSSR count). The van der Waals surface area contributed by atoms with Gasteiger partial charge < -0.3 is 45.3 Å². The van der Waals surface area contributed by atoms with Crippen LogP contribution >= 0.6 is 0 Å². The summed E-state index contributed by atoms with van der Waals surface area (Å²) in [6, 6.07) is 28.1. The average Bonchev–Trinajstić information content (AvgIpc) is 3.37. The summed E-state index contributed by atoms with van der Waals surface area (Å²) < 4.78 is 19.6. The van der Waals surface area contributed by atoms with Crippen molar-refractivity contribution in [3.05, 3.63) is 154 Å². The number of nitrogens with zero attached hydrogens (tertiary/aromatic N) is 2. The molecule has 0 bridgehead atoms. The van der Waals surface area contributed by atoms with Crippen LogP contribution in [0.2, 0.25) is 0 Å². The first kappa shape index (κ1) is 63.1. The number of carbonyl (C=O) groups is 4. The fourth-order valence-corrected chi connectivity index (χ4v) is 6.49. The zero-order valence-electron chi connectivity index (χ0n) is 39.5. The second-order valence-electron chi connectivity index (χ2n) is 15.9. The quantitative estimate of drug-likeness (QED) is 0.0737. The van der Waals surface area contributed by atoms with Crippen LogP contribution < -0.4 is 11.1 Å². The molecule has 4 atom stereocenters. The molecular formula is C57H74N4O11. The molecule has 1 amide bonds. The lowest BCUT2D eigenvalue weighted by Gasteiger charge is -2.26. The normalized spacial score (nSPS) is 14.8. The molecule has 4 aromatic carbocycles. The number of esters is 2. The maximum Gasteiger partial charge on any atom is 0.335 e. The molecule has 388 valence electrons. The first-order valence-corrected chi connectivity index (χ1v) is 22.4. The smallest absolute Gasteiger partial charge is 0.335 e. The maximum absolute atomic E-state index is 12.4. The van der Waals surface area contributed by atoms with Gasteiger partial charge in [0.25, 0.3) is 5.91 Å². The van der Waals surface area contributed by atoms with E-state index in [2.05, 4.69) is 72.5 Å². The molecule has 0 radical (unpaired) electrons. The monoisotopic (exact) mass is 991 g/mol. The summed E-state index contributed by atoms with van der Waals surface area (Å²) in [7, 11) is 2.43. The minimum absolute atomic E-state index is 0. The Hall–Kier alpha value is -6.92. The van der Waals surface area contributed by atoms with Gasteiger partial charge in [-0.3, -0.25) is 19.4 Å². The first-order valence-electron chi connectivity index (χ1n) is 22.4. The summed E-state index contributed by atoms with van der Waals surface area (Å²) in [5.74, 6) is 9.60. The molecule has 0 unspecified atom stereocenters. The van der Waals surface area contributed by atoms with Crippen molar-refractivity contribution in [3.63, 3.8) is 0 Å². The Labute approximate surface area is 426 Å². The highest BCUT2D eigenvalue weighted by Gasteiger charge is 2.27. The molecule has 0 spiro atoms. The number of carbonyl (C=O) groups excluding carboxylic acids is 3. The van der Waals surface area contributed by atoms with Gasteiger partial charge in [0.2, 0.25) is 0 Å². The van der Waals surface area contributed by atoms with Crippen molar-refractivity contribution in [2.45, 2.75) is 73.5 Å². The Morgan fingerprint density at radius 1 is 0.625 bits per heavy atom. The van der Waals surface area contributed by atoms with Crippen LogP contribution in [0.25, 0.3) is 12.2 Å². The van der Waals surface area contributed by atoms with Gasteiger partial charge in [0.1, 0.15) is 6.04 Å². The van der Waals surface area contributed by atoms with Crippen molar-refractivity contribution in [3.8, 4) is 23.7 Å². The topological polar surface area (TPSA) is 210 Å². The van der Waals surface area contributed by atoms with Gasteiger partial charge in [0.05, 0.1) is 58.4 Å². The number of methoxy groups -OCH3 is 2. The Morgan fingerprint density at radius 3 is 1.35 bits per heavy atom. The molecule has 0 saturated carbocycles. The van der Waals surface area contributed by atoms with E-state index in [1.165, 1.54) is 39.2 Å². The number of ether oxygens (including phenoxy) is 4. The summed E-state index contributed by atoms with van der Waals surface area (Å²) in [6.07, 6.45) is 5.34. The number of nitrogens with one attached hydrogen (secondary N) is 1. The van der Waals surface area contributed by atoms with Crippen LogP contribution in [0.5, 0.6) is 0 Å². The maximum atomic E-state index is 12.4. The van der Waals surface area contributed by atoms with Crippen molar-refractivity contribution in [1.82, 2.24) is 15.1 Å². The number of morpholine rings is 2. The number of carboxylic acids is 1. The van der Waals surface area contributed by atoms with E-state index >= 15 is 0 Å². The molecule has 2 saturated heterocycles. The lowest BCUT2D eigenvalue weighted by Crippen LogP contribution is -2.48. The number of carboxylic acid groups (broad SMARTS) is 1. The number of aliphatic hydroxyl groups is 2. The largest absolute Gasteiger partial charge is 0.478 e. The number of allylic oxidation sites excluding steroid dienone is 2. The minimum atomic E-state index is -1.12. The van der Waals surface area contributed by atoms with Crippen molar-refractivity contribution in [2.75, 3.05) is 66.8 Å². The van der Waals surface area contributed by atoms with E-state index in [9.17, 15) is 24.3 Å². The second-order valence-corrected chi connectivity index (χ2v) is 15.9. The summed E-state index contributed by atoms with van der Waals surface area (Å²) in [6.45, 7) is 11.8. The summed E-state index contributed by atoms with van der Waals surface area (Å²) in [5, 5.41) is 29.8. The number of nitrogens with two attached hydrogens (primary N) is 1. The molecule has 0 aromatic heterocycles. The van der Waals surface area contributed by atoms with E-state index in [-0.39, 0.29) is 27.8 Å². The number of amides is 1. The number of hydrogen-bond acceptors (Lipinski definition) is 13. The third kappa shape index (κ3) is 22.9. The Balaban J connectivity index is 0.000000606. The van der Waals surface area contributed by atoms with Crippen molar-refractivity contribution in [1.29, 1.82) is 0 Å². The molecule has 2 heterocycles. The Kier molecular flexibility index (Phi) is 30.2. The molecule has 15 nitrogen and oxygen atoms in total. The van der Waals surface area contributed by atoms with Gasteiger partial charge in [-0.25, -0.2) is 9.59 Å². The van der Waals surface area contributed by atoms with E-state index in [0.717, 1.165) is 87.9 Å². The lowest BCUT2D eigenvalue weighted by molar-refractivity contribution is -0.146. The third-order valence-electron chi connectivity index (χ3n) is 10.6.